The Morgan fingerprint density at radius 1 is 1.10 bits per heavy atom. The predicted molar refractivity (Wildman–Crippen MR) is 82.6 cm³/mol. The summed E-state index contributed by atoms with van der Waals surface area (Å²) in [6.45, 7) is -0.0826. The summed E-state index contributed by atoms with van der Waals surface area (Å²) in [5, 5.41) is 0.873. The van der Waals surface area contributed by atoms with Gasteiger partial charge in [-0.2, -0.15) is 0 Å². The molecule has 4 nitrogen and oxygen atoms in total. The highest BCUT2D eigenvalue weighted by Crippen LogP contribution is 2.22. The number of carbonyl (C=O) groups is 1. The Labute approximate surface area is 132 Å². The van der Waals surface area contributed by atoms with Gasteiger partial charge in [0.1, 0.15) is 12.4 Å². The average Bonchev–Trinajstić information content (AvgIpc) is 2.46. The maximum Gasteiger partial charge on any atom is 0.344 e. The van der Waals surface area contributed by atoms with Gasteiger partial charge in [-0.25, -0.2) is 4.79 Å². The molecule has 0 saturated carbocycles. The highest BCUT2D eigenvalue weighted by molar-refractivity contribution is 6.42. The molecule has 0 aliphatic rings. The van der Waals surface area contributed by atoms with Gasteiger partial charge >= 0.3 is 5.97 Å². The van der Waals surface area contributed by atoms with Crippen LogP contribution in [0.3, 0.4) is 0 Å². The summed E-state index contributed by atoms with van der Waals surface area (Å²) in [4.78, 5) is 11.6. The first-order valence-corrected chi connectivity index (χ1v) is 6.88. The molecule has 0 radical (unpaired) electrons. The molecule has 110 valence electrons. The highest BCUT2D eigenvalue weighted by Gasteiger charge is 2.06. The fourth-order valence-corrected chi connectivity index (χ4v) is 1.90. The molecule has 0 spiro atoms. The second kappa shape index (κ2) is 7.20. The van der Waals surface area contributed by atoms with Gasteiger partial charge in [-0.1, -0.05) is 35.3 Å². The molecular formula is C15H13Cl2NO3. The molecule has 0 amide bonds. The number of anilines is 1. The van der Waals surface area contributed by atoms with Crippen LogP contribution in [0.4, 0.5) is 5.69 Å². The van der Waals surface area contributed by atoms with E-state index < -0.39 is 5.97 Å². The third-order valence-corrected chi connectivity index (χ3v) is 3.34. The molecule has 2 rings (SSSR count). The average molecular weight is 326 g/mol. The summed E-state index contributed by atoms with van der Waals surface area (Å²) in [7, 11) is 0. The van der Waals surface area contributed by atoms with Crippen LogP contribution in [0.1, 0.15) is 5.56 Å². The normalized spacial score (nSPS) is 10.2. The second-order valence-electron chi connectivity index (χ2n) is 4.27. The summed E-state index contributed by atoms with van der Waals surface area (Å²) in [5.74, 6) is 0.0324. The highest BCUT2D eigenvalue weighted by atomic mass is 35.5. The van der Waals surface area contributed by atoms with E-state index in [1.807, 2.05) is 0 Å². The predicted octanol–water partition coefficient (Wildman–Crippen LogP) is 3.70. The van der Waals surface area contributed by atoms with E-state index in [0.717, 1.165) is 5.56 Å². The van der Waals surface area contributed by atoms with Crippen molar-refractivity contribution >= 4 is 34.9 Å². The fourth-order valence-electron chi connectivity index (χ4n) is 1.58. The number of hydrogen-bond donors (Lipinski definition) is 1. The van der Waals surface area contributed by atoms with E-state index in [1.54, 1.807) is 42.5 Å². The Kier molecular flexibility index (Phi) is 5.31. The molecule has 21 heavy (non-hydrogen) atoms. The summed E-state index contributed by atoms with van der Waals surface area (Å²) in [6.07, 6.45) is 0. The lowest BCUT2D eigenvalue weighted by Crippen LogP contribution is -2.14. The molecule has 2 aromatic carbocycles. The number of hydrogen-bond acceptors (Lipinski definition) is 4. The topological polar surface area (TPSA) is 61.5 Å². The monoisotopic (exact) mass is 325 g/mol. The van der Waals surface area contributed by atoms with E-state index in [1.165, 1.54) is 0 Å². The molecule has 0 bridgehead atoms. The lowest BCUT2D eigenvalue weighted by Gasteiger charge is -2.08. The first-order chi connectivity index (χ1) is 10.0. The van der Waals surface area contributed by atoms with Crippen molar-refractivity contribution in [2.75, 3.05) is 12.3 Å². The summed E-state index contributed by atoms with van der Waals surface area (Å²) in [6, 6.07) is 11.8. The molecule has 2 N–H and O–H groups in total. The zero-order valence-electron chi connectivity index (χ0n) is 11.0. The number of esters is 1. The van der Waals surface area contributed by atoms with Crippen molar-refractivity contribution in [3.05, 3.63) is 58.1 Å². The second-order valence-corrected chi connectivity index (χ2v) is 5.08. The molecule has 0 aliphatic heterocycles. The summed E-state index contributed by atoms with van der Waals surface area (Å²) < 4.78 is 10.4. The van der Waals surface area contributed by atoms with E-state index in [-0.39, 0.29) is 13.2 Å². The first-order valence-electron chi connectivity index (χ1n) is 6.12. The number of halogens is 2. The molecule has 2 aromatic rings. The van der Waals surface area contributed by atoms with Gasteiger partial charge in [0.05, 0.1) is 10.0 Å². The van der Waals surface area contributed by atoms with E-state index >= 15 is 0 Å². The van der Waals surface area contributed by atoms with Gasteiger partial charge in [0.25, 0.3) is 0 Å². The van der Waals surface area contributed by atoms with Crippen molar-refractivity contribution < 1.29 is 14.3 Å². The van der Waals surface area contributed by atoms with Crippen molar-refractivity contribution in [3.8, 4) is 5.75 Å². The molecule has 6 heteroatoms. The van der Waals surface area contributed by atoms with Crippen molar-refractivity contribution in [3.63, 3.8) is 0 Å². The van der Waals surface area contributed by atoms with Gasteiger partial charge in [0.15, 0.2) is 6.61 Å². The van der Waals surface area contributed by atoms with Gasteiger partial charge in [-0.15, -0.1) is 0 Å². The van der Waals surface area contributed by atoms with Gasteiger partial charge < -0.3 is 15.2 Å². The molecule has 0 fully saturated rings. The molecule has 0 atom stereocenters. The van der Waals surface area contributed by atoms with E-state index in [4.69, 9.17) is 38.4 Å². The van der Waals surface area contributed by atoms with E-state index in [9.17, 15) is 4.79 Å². The minimum absolute atomic E-state index is 0.107. The summed E-state index contributed by atoms with van der Waals surface area (Å²) in [5.41, 5.74) is 6.92. The number of benzene rings is 2. The minimum atomic E-state index is -0.483. The standard InChI is InChI=1S/C15H13Cl2NO3/c16-13-5-4-10(6-14(13)17)8-21-15(19)9-20-12-3-1-2-11(18)7-12/h1-7H,8-9,18H2. The molecule has 0 heterocycles. The third-order valence-electron chi connectivity index (χ3n) is 2.60. The van der Waals surface area contributed by atoms with Crippen molar-refractivity contribution in [1.82, 2.24) is 0 Å². The SMILES string of the molecule is Nc1cccc(OCC(=O)OCc2ccc(Cl)c(Cl)c2)c1. The van der Waals surface area contributed by atoms with Crippen molar-refractivity contribution in [2.45, 2.75) is 6.61 Å². The lowest BCUT2D eigenvalue weighted by molar-refractivity contribution is -0.147. The van der Waals surface area contributed by atoms with Gasteiger partial charge in [-0.05, 0) is 29.8 Å². The van der Waals surface area contributed by atoms with E-state index in [2.05, 4.69) is 0 Å². The smallest absolute Gasteiger partial charge is 0.344 e. The number of nitrogens with two attached hydrogens (primary N) is 1. The van der Waals surface area contributed by atoms with E-state index in [0.29, 0.717) is 21.5 Å². The Balaban J connectivity index is 1.80. The van der Waals surface area contributed by atoms with Gasteiger partial charge in [-0.3, -0.25) is 0 Å². The van der Waals surface area contributed by atoms with Gasteiger partial charge in [0.2, 0.25) is 0 Å². The Morgan fingerprint density at radius 2 is 1.90 bits per heavy atom. The molecule has 0 unspecified atom stereocenters. The molecule has 0 aromatic heterocycles. The van der Waals surface area contributed by atoms with Crippen molar-refractivity contribution in [2.24, 2.45) is 0 Å². The number of rotatable bonds is 5. The molecular weight excluding hydrogens is 313 g/mol. The van der Waals surface area contributed by atoms with Crippen LogP contribution in [0, 0.1) is 0 Å². The van der Waals surface area contributed by atoms with Crippen LogP contribution in [0.25, 0.3) is 0 Å². The number of ether oxygens (including phenoxy) is 2. The van der Waals surface area contributed by atoms with Crippen LogP contribution in [0.2, 0.25) is 10.0 Å². The number of carbonyl (C=O) groups excluding carboxylic acids is 1. The zero-order chi connectivity index (χ0) is 15.2. The van der Waals surface area contributed by atoms with Crippen LogP contribution < -0.4 is 10.5 Å². The Hall–Kier alpha value is -1.91. The third kappa shape index (κ3) is 4.85. The fraction of sp³-hybridized carbons (Fsp3) is 0.133. The molecule has 0 saturated heterocycles. The van der Waals surface area contributed by atoms with Crippen LogP contribution >= 0.6 is 23.2 Å². The summed E-state index contributed by atoms with van der Waals surface area (Å²) >= 11 is 11.7. The Bertz CT molecular complexity index is 647. The van der Waals surface area contributed by atoms with Crippen molar-refractivity contribution in [1.29, 1.82) is 0 Å². The zero-order valence-corrected chi connectivity index (χ0v) is 12.5. The Morgan fingerprint density at radius 3 is 2.62 bits per heavy atom. The lowest BCUT2D eigenvalue weighted by atomic mass is 10.2. The quantitative estimate of drug-likeness (QED) is 0.672. The largest absolute Gasteiger partial charge is 0.482 e. The van der Waals surface area contributed by atoms with Crippen LogP contribution in [-0.4, -0.2) is 12.6 Å². The molecule has 0 aliphatic carbocycles. The van der Waals surface area contributed by atoms with Crippen LogP contribution in [0.15, 0.2) is 42.5 Å². The maximum atomic E-state index is 11.6. The maximum absolute atomic E-state index is 11.6. The van der Waals surface area contributed by atoms with Crippen LogP contribution in [-0.2, 0) is 16.1 Å². The van der Waals surface area contributed by atoms with Crippen LogP contribution in [0.5, 0.6) is 5.75 Å². The number of nitrogen functional groups attached to an aromatic ring is 1. The van der Waals surface area contributed by atoms with Gasteiger partial charge in [0, 0.05) is 11.8 Å². The first kappa shape index (κ1) is 15.5. The minimum Gasteiger partial charge on any atom is -0.482 e.